The Hall–Kier alpha value is -0.630. The minimum absolute atomic E-state index is 0.117. The fourth-order valence-corrected chi connectivity index (χ4v) is 3.50. The number of hydrogen-bond donors (Lipinski definition) is 2. The lowest BCUT2D eigenvalue weighted by Crippen LogP contribution is -2.28. The van der Waals surface area contributed by atoms with Crippen molar-refractivity contribution in [2.45, 2.75) is 24.2 Å². The first kappa shape index (κ1) is 16.4. The van der Waals surface area contributed by atoms with Gasteiger partial charge in [0, 0.05) is 24.7 Å². The molecule has 1 rings (SSSR count). The minimum Gasteiger partial charge on any atom is -0.398 e. The number of nitrogens with zero attached hydrogens (tertiary/aromatic N) is 1. The summed E-state index contributed by atoms with van der Waals surface area (Å²) in [6.45, 7) is 0.545. The molecule has 0 atom stereocenters. The van der Waals surface area contributed by atoms with Crippen LogP contribution in [0.25, 0.3) is 0 Å². The number of nitrogen functional groups attached to an aromatic ring is 1. The van der Waals surface area contributed by atoms with Crippen molar-refractivity contribution in [2.75, 3.05) is 25.9 Å². The monoisotopic (exact) mass is 350 g/mol. The van der Waals surface area contributed by atoms with E-state index in [9.17, 15) is 8.42 Å². The molecule has 1 aromatic rings. The van der Waals surface area contributed by atoms with Gasteiger partial charge in [-0.25, -0.2) is 12.7 Å². The molecule has 0 saturated carbocycles. The molecule has 0 fully saturated rings. The predicted octanol–water partition coefficient (Wildman–Crippen LogP) is 1.81. The van der Waals surface area contributed by atoms with Crippen molar-refractivity contribution in [2.24, 2.45) is 0 Å². The van der Waals surface area contributed by atoms with Crippen molar-refractivity contribution >= 4 is 31.6 Å². The van der Waals surface area contributed by atoms with Gasteiger partial charge in [0.05, 0.1) is 5.69 Å². The molecule has 0 spiro atoms. The number of unbranched alkanes of at least 4 members (excludes halogenated alkanes) is 2. The molecule has 0 aliphatic rings. The topological polar surface area (TPSA) is 83.6 Å². The minimum atomic E-state index is -3.56. The van der Waals surface area contributed by atoms with Gasteiger partial charge in [-0.3, -0.25) is 0 Å². The van der Waals surface area contributed by atoms with Crippen LogP contribution in [0.15, 0.2) is 27.6 Å². The fraction of sp³-hybridized carbons (Fsp3) is 0.500. The third kappa shape index (κ3) is 4.45. The van der Waals surface area contributed by atoms with Crippen LogP contribution in [0.1, 0.15) is 19.3 Å². The number of aliphatic hydroxyl groups excluding tert-OH is 1. The van der Waals surface area contributed by atoms with Crippen molar-refractivity contribution in [1.29, 1.82) is 0 Å². The van der Waals surface area contributed by atoms with Crippen LogP contribution in [0.3, 0.4) is 0 Å². The zero-order chi connectivity index (χ0) is 14.5. The first-order valence-electron chi connectivity index (χ1n) is 6.02. The molecule has 0 heterocycles. The van der Waals surface area contributed by atoms with Crippen LogP contribution in [-0.4, -0.2) is 38.0 Å². The summed E-state index contributed by atoms with van der Waals surface area (Å²) in [6.07, 6.45) is 2.20. The Kier molecular flexibility index (Phi) is 6.25. The largest absolute Gasteiger partial charge is 0.398 e. The van der Waals surface area contributed by atoms with E-state index >= 15 is 0 Å². The molecule has 7 heteroatoms. The normalized spacial score (nSPS) is 12.0. The van der Waals surface area contributed by atoms with Crippen molar-refractivity contribution in [3.05, 3.63) is 22.7 Å². The number of anilines is 1. The number of hydrogen-bond acceptors (Lipinski definition) is 4. The second-order valence-electron chi connectivity index (χ2n) is 4.29. The van der Waals surface area contributed by atoms with E-state index in [0.717, 1.165) is 6.42 Å². The highest BCUT2D eigenvalue weighted by atomic mass is 79.9. The molecular weight excluding hydrogens is 332 g/mol. The molecule has 0 aliphatic carbocycles. The molecular formula is C12H19BrN2O3S. The van der Waals surface area contributed by atoms with Crippen LogP contribution < -0.4 is 5.73 Å². The lowest BCUT2D eigenvalue weighted by atomic mass is 10.2. The third-order valence-electron chi connectivity index (χ3n) is 2.79. The van der Waals surface area contributed by atoms with E-state index in [1.807, 2.05) is 0 Å². The third-order valence-corrected chi connectivity index (χ3v) is 5.20. The summed E-state index contributed by atoms with van der Waals surface area (Å²) >= 11 is 3.24. The smallest absolute Gasteiger partial charge is 0.244 e. The predicted molar refractivity (Wildman–Crippen MR) is 79.3 cm³/mol. The van der Waals surface area contributed by atoms with Crippen LogP contribution in [0.5, 0.6) is 0 Å². The van der Waals surface area contributed by atoms with Gasteiger partial charge in [-0.1, -0.05) is 15.9 Å². The van der Waals surface area contributed by atoms with Crippen molar-refractivity contribution < 1.29 is 13.5 Å². The first-order valence-corrected chi connectivity index (χ1v) is 8.25. The summed E-state index contributed by atoms with van der Waals surface area (Å²) < 4.78 is 26.7. The maximum atomic E-state index is 12.3. The fourth-order valence-electron chi connectivity index (χ4n) is 1.64. The SMILES string of the molecule is CN(CCCCCO)S(=O)(=O)c1cc(Br)ccc1N. The van der Waals surface area contributed by atoms with Crippen LogP contribution in [0, 0.1) is 0 Å². The number of sulfonamides is 1. The quantitative estimate of drug-likeness (QED) is 0.580. The Morgan fingerprint density at radius 1 is 1.32 bits per heavy atom. The van der Waals surface area contributed by atoms with Crippen LogP contribution >= 0.6 is 15.9 Å². The van der Waals surface area contributed by atoms with Gasteiger partial charge >= 0.3 is 0 Å². The molecule has 1 aromatic carbocycles. The Balaban J connectivity index is 2.82. The molecule has 0 aromatic heterocycles. The van der Waals surface area contributed by atoms with E-state index in [2.05, 4.69) is 15.9 Å². The standard InChI is InChI=1S/C12H19BrN2O3S/c1-15(7-3-2-4-8-16)19(17,18)12-9-10(13)5-6-11(12)14/h5-6,9,16H,2-4,7-8,14H2,1H3. The van der Waals surface area contributed by atoms with E-state index in [-0.39, 0.29) is 17.2 Å². The highest BCUT2D eigenvalue weighted by molar-refractivity contribution is 9.10. The van der Waals surface area contributed by atoms with Gasteiger partial charge in [0.15, 0.2) is 0 Å². The zero-order valence-corrected chi connectivity index (χ0v) is 13.2. The summed E-state index contributed by atoms with van der Waals surface area (Å²) in [5, 5.41) is 8.68. The second-order valence-corrected chi connectivity index (χ2v) is 7.22. The summed E-state index contributed by atoms with van der Waals surface area (Å²) in [5.74, 6) is 0. The van der Waals surface area contributed by atoms with E-state index in [1.54, 1.807) is 12.1 Å². The summed E-state index contributed by atoms with van der Waals surface area (Å²) in [7, 11) is -2.03. The molecule has 19 heavy (non-hydrogen) atoms. The van der Waals surface area contributed by atoms with Gasteiger partial charge in [-0.15, -0.1) is 0 Å². The van der Waals surface area contributed by atoms with E-state index in [1.165, 1.54) is 17.4 Å². The van der Waals surface area contributed by atoms with Gasteiger partial charge in [0.2, 0.25) is 10.0 Å². The highest BCUT2D eigenvalue weighted by Gasteiger charge is 2.23. The van der Waals surface area contributed by atoms with E-state index < -0.39 is 10.0 Å². The van der Waals surface area contributed by atoms with Crippen molar-refractivity contribution in [3.63, 3.8) is 0 Å². The van der Waals surface area contributed by atoms with E-state index in [4.69, 9.17) is 10.8 Å². The maximum Gasteiger partial charge on any atom is 0.244 e. The molecule has 5 nitrogen and oxygen atoms in total. The Labute approximate surface area is 122 Å². The molecule has 0 amide bonds. The van der Waals surface area contributed by atoms with Crippen molar-refractivity contribution in [3.8, 4) is 0 Å². The van der Waals surface area contributed by atoms with Gasteiger partial charge < -0.3 is 10.8 Å². The number of benzene rings is 1. The van der Waals surface area contributed by atoms with E-state index in [0.29, 0.717) is 23.9 Å². The van der Waals surface area contributed by atoms with Crippen LogP contribution in [0.4, 0.5) is 5.69 Å². The zero-order valence-electron chi connectivity index (χ0n) is 10.8. The molecule has 0 bridgehead atoms. The Morgan fingerprint density at radius 3 is 2.63 bits per heavy atom. The average molecular weight is 351 g/mol. The maximum absolute atomic E-state index is 12.3. The molecule has 3 N–H and O–H groups in total. The summed E-state index contributed by atoms with van der Waals surface area (Å²) in [5.41, 5.74) is 5.97. The lowest BCUT2D eigenvalue weighted by molar-refractivity contribution is 0.281. The van der Waals surface area contributed by atoms with Gasteiger partial charge in [0.1, 0.15) is 4.90 Å². The van der Waals surface area contributed by atoms with Crippen LogP contribution in [0.2, 0.25) is 0 Å². The summed E-state index contributed by atoms with van der Waals surface area (Å²) in [4.78, 5) is 0.117. The number of halogens is 1. The highest BCUT2D eigenvalue weighted by Crippen LogP contribution is 2.25. The summed E-state index contributed by atoms with van der Waals surface area (Å²) in [6, 6.07) is 4.78. The lowest BCUT2D eigenvalue weighted by Gasteiger charge is -2.18. The Bertz CT molecular complexity index is 520. The molecule has 108 valence electrons. The van der Waals surface area contributed by atoms with Gasteiger partial charge in [0.25, 0.3) is 0 Å². The first-order chi connectivity index (χ1) is 8.89. The van der Waals surface area contributed by atoms with Crippen molar-refractivity contribution in [1.82, 2.24) is 4.31 Å². The second kappa shape index (κ2) is 7.23. The molecule has 0 aliphatic heterocycles. The Morgan fingerprint density at radius 2 is 2.00 bits per heavy atom. The average Bonchev–Trinajstić information content (AvgIpc) is 2.37. The number of aliphatic hydroxyl groups is 1. The van der Waals surface area contributed by atoms with Gasteiger partial charge in [-0.2, -0.15) is 0 Å². The molecule has 0 radical (unpaired) electrons. The van der Waals surface area contributed by atoms with Crippen LogP contribution in [-0.2, 0) is 10.0 Å². The van der Waals surface area contributed by atoms with Gasteiger partial charge in [-0.05, 0) is 37.5 Å². The number of rotatable bonds is 7. The number of nitrogens with two attached hydrogens (primary N) is 1. The molecule has 0 saturated heterocycles. The molecule has 0 unspecified atom stereocenters.